The quantitative estimate of drug-likeness (QED) is 0.568. The number of imide groups is 1. The van der Waals surface area contributed by atoms with Gasteiger partial charge >= 0.3 is 0 Å². The van der Waals surface area contributed by atoms with Crippen LogP contribution in [0.5, 0.6) is 5.75 Å². The molecule has 2 aromatic rings. The SMILES string of the molecule is COc1ccc2[nH]c3c(c2c1)C(=O)C(=O)NC3=O. The molecule has 2 N–H and O–H groups in total. The molecule has 0 fully saturated rings. The molecule has 1 aromatic heterocycles. The van der Waals surface area contributed by atoms with Crippen LogP contribution < -0.4 is 10.1 Å². The zero-order valence-electron chi connectivity index (χ0n) is 9.37. The molecule has 18 heavy (non-hydrogen) atoms. The summed E-state index contributed by atoms with van der Waals surface area (Å²) in [5, 5.41) is 2.50. The number of rotatable bonds is 1. The number of carbonyl (C=O) groups is 3. The number of Topliss-reactive ketones (excluding diaryl/α,β-unsaturated/α-hetero) is 1. The van der Waals surface area contributed by atoms with Gasteiger partial charge in [0.05, 0.1) is 12.7 Å². The highest BCUT2D eigenvalue weighted by molar-refractivity contribution is 6.51. The van der Waals surface area contributed by atoms with Crippen LogP contribution in [0.4, 0.5) is 0 Å². The van der Waals surface area contributed by atoms with Crippen molar-refractivity contribution in [2.24, 2.45) is 0 Å². The number of hydrogen-bond donors (Lipinski definition) is 2. The topological polar surface area (TPSA) is 88.3 Å². The average molecular weight is 244 g/mol. The molecule has 0 saturated carbocycles. The van der Waals surface area contributed by atoms with E-state index in [1.54, 1.807) is 18.2 Å². The van der Waals surface area contributed by atoms with Crippen molar-refractivity contribution in [1.82, 2.24) is 10.3 Å². The van der Waals surface area contributed by atoms with Crippen molar-refractivity contribution in [1.29, 1.82) is 0 Å². The predicted molar refractivity (Wildman–Crippen MR) is 61.7 cm³/mol. The largest absolute Gasteiger partial charge is 0.497 e. The standard InChI is InChI=1S/C12H8N2O4/c1-18-5-2-3-7-6(4-5)8-9(13-7)11(16)14-12(17)10(8)15/h2-4,13H,1H3,(H,14,16,17). The minimum atomic E-state index is -0.906. The first kappa shape index (κ1) is 10.5. The number of aromatic amines is 1. The van der Waals surface area contributed by atoms with Crippen molar-refractivity contribution < 1.29 is 19.1 Å². The molecule has 6 heteroatoms. The van der Waals surface area contributed by atoms with Gasteiger partial charge in [-0.05, 0) is 18.2 Å². The minimum absolute atomic E-state index is 0.109. The first-order valence-electron chi connectivity index (χ1n) is 5.21. The Bertz CT molecular complexity index is 714. The number of ether oxygens (including phenoxy) is 1. The Morgan fingerprint density at radius 3 is 2.61 bits per heavy atom. The van der Waals surface area contributed by atoms with Crippen LogP contribution in [0.3, 0.4) is 0 Å². The van der Waals surface area contributed by atoms with E-state index in [1.165, 1.54) is 7.11 Å². The summed E-state index contributed by atoms with van der Waals surface area (Å²) in [7, 11) is 1.50. The summed E-state index contributed by atoms with van der Waals surface area (Å²) in [5.41, 5.74) is 0.833. The first-order valence-corrected chi connectivity index (χ1v) is 5.21. The van der Waals surface area contributed by atoms with Crippen LogP contribution in [-0.4, -0.2) is 29.7 Å². The van der Waals surface area contributed by atoms with Crippen LogP contribution in [0.15, 0.2) is 18.2 Å². The van der Waals surface area contributed by atoms with Crippen molar-refractivity contribution >= 4 is 28.5 Å². The van der Waals surface area contributed by atoms with Gasteiger partial charge in [0, 0.05) is 10.9 Å². The summed E-state index contributed by atoms with van der Waals surface area (Å²) < 4.78 is 5.06. The Kier molecular flexibility index (Phi) is 2.00. The number of benzene rings is 1. The summed E-state index contributed by atoms with van der Waals surface area (Å²) in [5.74, 6) is -1.67. The Labute approximate surface area is 101 Å². The summed E-state index contributed by atoms with van der Waals surface area (Å²) in [6.07, 6.45) is 0. The molecule has 0 unspecified atom stereocenters. The van der Waals surface area contributed by atoms with Gasteiger partial charge in [-0.3, -0.25) is 19.7 Å². The number of ketones is 1. The van der Waals surface area contributed by atoms with E-state index in [2.05, 4.69) is 4.98 Å². The lowest BCUT2D eigenvalue weighted by molar-refractivity contribution is -0.116. The maximum atomic E-state index is 11.8. The third-order valence-corrected chi connectivity index (χ3v) is 2.89. The maximum absolute atomic E-state index is 11.8. The highest BCUT2D eigenvalue weighted by Crippen LogP contribution is 2.28. The highest BCUT2D eigenvalue weighted by Gasteiger charge is 2.34. The number of amides is 2. The third kappa shape index (κ3) is 1.26. The van der Waals surface area contributed by atoms with Gasteiger partial charge in [0.25, 0.3) is 17.6 Å². The van der Waals surface area contributed by atoms with Crippen LogP contribution in [-0.2, 0) is 4.79 Å². The van der Waals surface area contributed by atoms with Crippen LogP contribution in [0, 0.1) is 0 Å². The number of H-pyrrole nitrogens is 1. The van der Waals surface area contributed by atoms with E-state index in [1.807, 2.05) is 5.32 Å². The molecule has 1 aliphatic rings. The number of hydrogen-bond acceptors (Lipinski definition) is 4. The molecule has 0 aliphatic carbocycles. The zero-order chi connectivity index (χ0) is 12.9. The molecule has 6 nitrogen and oxygen atoms in total. The van der Waals surface area contributed by atoms with Crippen LogP contribution in [0.2, 0.25) is 0 Å². The van der Waals surface area contributed by atoms with Crippen molar-refractivity contribution in [3.05, 3.63) is 29.5 Å². The molecule has 0 atom stereocenters. The van der Waals surface area contributed by atoms with Crippen LogP contribution >= 0.6 is 0 Å². The average Bonchev–Trinajstić information content (AvgIpc) is 2.75. The number of aromatic nitrogens is 1. The Morgan fingerprint density at radius 2 is 1.89 bits per heavy atom. The smallest absolute Gasteiger partial charge is 0.299 e. The number of nitrogens with one attached hydrogen (secondary N) is 2. The fourth-order valence-electron chi connectivity index (χ4n) is 2.04. The van der Waals surface area contributed by atoms with Crippen LogP contribution in [0.25, 0.3) is 10.9 Å². The van der Waals surface area contributed by atoms with E-state index in [9.17, 15) is 14.4 Å². The molecular formula is C12H8N2O4. The minimum Gasteiger partial charge on any atom is -0.497 e. The van der Waals surface area contributed by atoms with E-state index in [-0.39, 0.29) is 11.3 Å². The van der Waals surface area contributed by atoms with E-state index < -0.39 is 17.6 Å². The van der Waals surface area contributed by atoms with E-state index in [0.717, 1.165) is 0 Å². The van der Waals surface area contributed by atoms with Gasteiger partial charge in [-0.2, -0.15) is 0 Å². The summed E-state index contributed by atoms with van der Waals surface area (Å²) in [6, 6.07) is 5.01. The monoisotopic (exact) mass is 244 g/mol. The van der Waals surface area contributed by atoms with Crippen molar-refractivity contribution in [2.75, 3.05) is 7.11 Å². The first-order chi connectivity index (χ1) is 8.61. The Morgan fingerprint density at radius 1 is 1.11 bits per heavy atom. The van der Waals surface area contributed by atoms with Gasteiger partial charge in [0.1, 0.15) is 11.4 Å². The zero-order valence-corrected chi connectivity index (χ0v) is 9.37. The van der Waals surface area contributed by atoms with E-state index in [4.69, 9.17) is 4.74 Å². The number of fused-ring (bicyclic) bond motifs is 3. The van der Waals surface area contributed by atoms with Crippen molar-refractivity contribution in [2.45, 2.75) is 0 Å². The van der Waals surface area contributed by atoms with Crippen molar-refractivity contribution in [3.63, 3.8) is 0 Å². The lowest BCUT2D eigenvalue weighted by Gasteiger charge is -2.09. The Hall–Kier alpha value is -2.63. The van der Waals surface area contributed by atoms with Gasteiger partial charge in [-0.1, -0.05) is 0 Å². The molecule has 0 spiro atoms. The molecule has 0 radical (unpaired) electrons. The molecule has 90 valence electrons. The fraction of sp³-hybridized carbons (Fsp3) is 0.0833. The normalized spacial score (nSPS) is 14.6. The molecule has 3 rings (SSSR count). The van der Waals surface area contributed by atoms with Gasteiger partial charge in [0.2, 0.25) is 0 Å². The van der Waals surface area contributed by atoms with Gasteiger partial charge in [-0.15, -0.1) is 0 Å². The number of methoxy groups -OCH3 is 1. The van der Waals surface area contributed by atoms with Gasteiger partial charge < -0.3 is 9.72 Å². The summed E-state index contributed by atoms with van der Waals surface area (Å²) in [4.78, 5) is 37.6. The summed E-state index contributed by atoms with van der Waals surface area (Å²) >= 11 is 0. The molecule has 2 amide bonds. The molecule has 0 bridgehead atoms. The van der Waals surface area contributed by atoms with E-state index in [0.29, 0.717) is 16.7 Å². The molecular weight excluding hydrogens is 236 g/mol. The van der Waals surface area contributed by atoms with Crippen LogP contribution in [0.1, 0.15) is 20.8 Å². The predicted octanol–water partition coefficient (Wildman–Crippen LogP) is 0.629. The van der Waals surface area contributed by atoms with Gasteiger partial charge in [0.15, 0.2) is 0 Å². The maximum Gasteiger partial charge on any atom is 0.299 e. The third-order valence-electron chi connectivity index (χ3n) is 2.89. The second kappa shape index (κ2) is 3.43. The Balaban J connectivity index is 2.37. The lowest BCUT2D eigenvalue weighted by atomic mass is 10.0. The molecule has 0 saturated heterocycles. The fourth-order valence-corrected chi connectivity index (χ4v) is 2.04. The molecule has 1 aliphatic heterocycles. The van der Waals surface area contributed by atoms with Crippen molar-refractivity contribution in [3.8, 4) is 5.75 Å². The second-order valence-corrected chi connectivity index (χ2v) is 3.90. The van der Waals surface area contributed by atoms with E-state index >= 15 is 0 Å². The molecule has 1 aromatic carbocycles. The van der Waals surface area contributed by atoms with Gasteiger partial charge in [-0.25, -0.2) is 0 Å². The second-order valence-electron chi connectivity index (χ2n) is 3.90. The molecule has 2 heterocycles. The lowest BCUT2D eigenvalue weighted by Crippen LogP contribution is -2.41. The summed E-state index contributed by atoms with van der Waals surface area (Å²) in [6.45, 7) is 0. The number of carbonyl (C=O) groups excluding carboxylic acids is 3. The highest BCUT2D eigenvalue weighted by atomic mass is 16.5.